The van der Waals surface area contributed by atoms with Gasteiger partial charge in [-0.25, -0.2) is 17.5 Å². The molecule has 7 nitrogen and oxygen atoms in total. The number of hydrogen-bond donors (Lipinski definition) is 1. The number of hydrogen-bond acceptors (Lipinski definition) is 4. The predicted molar refractivity (Wildman–Crippen MR) is 103 cm³/mol. The molecule has 148 valence electrons. The summed E-state index contributed by atoms with van der Waals surface area (Å²) in [4.78, 5) is 26.8. The maximum Gasteiger partial charge on any atom is 0.317 e. The number of ketones is 1. The third-order valence-corrected chi connectivity index (χ3v) is 6.76. The highest BCUT2D eigenvalue weighted by molar-refractivity contribution is 7.88. The Balaban J connectivity index is 1.45. The van der Waals surface area contributed by atoms with Crippen molar-refractivity contribution in [2.75, 3.05) is 32.4 Å². The van der Waals surface area contributed by atoms with Crippen molar-refractivity contribution in [3.8, 4) is 0 Å². The summed E-state index contributed by atoms with van der Waals surface area (Å²) in [5, 5.41) is 3.02. The lowest BCUT2D eigenvalue weighted by Crippen LogP contribution is -2.51. The Hall–Kier alpha value is -1.93. The summed E-state index contributed by atoms with van der Waals surface area (Å²) in [5.41, 5.74) is 0.734. The molecule has 0 bridgehead atoms. The van der Waals surface area contributed by atoms with E-state index in [0.717, 1.165) is 5.56 Å². The van der Waals surface area contributed by atoms with E-state index in [-0.39, 0.29) is 23.8 Å². The smallest absolute Gasteiger partial charge is 0.317 e. The number of benzene rings is 1. The summed E-state index contributed by atoms with van der Waals surface area (Å²) >= 11 is 0. The van der Waals surface area contributed by atoms with Crippen molar-refractivity contribution in [1.82, 2.24) is 14.5 Å². The van der Waals surface area contributed by atoms with E-state index in [4.69, 9.17) is 0 Å². The lowest BCUT2D eigenvalue weighted by atomic mass is 9.89. The van der Waals surface area contributed by atoms with Crippen LogP contribution in [-0.4, -0.2) is 67.9 Å². The maximum atomic E-state index is 12.5. The highest BCUT2D eigenvalue weighted by atomic mass is 32.2. The molecule has 0 radical (unpaired) electrons. The molecule has 2 heterocycles. The molecule has 2 aliphatic rings. The Bertz CT molecular complexity index is 765. The summed E-state index contributed by atoms with van der Waals surface area (Å²) in [7, 11) is -3.16. The van der Waals surface area contributed by atoms with Crippen LogP contribution < -0.4 is 5.32 Å². The van der Waals surface area contributed by atoms with E-state index < -0.39 is 10.0 Å². The van der Waals surface area contributed by atoms with Crippen molar-refractivity contribution in [1.29, 1.82) is 0 Å². The molecule has 2 aliphatic heterocycles. The summed E-state index contributed by atoms with van der Waals surface area (Å²) in [6, 6.07) is 9.19. The Labute approximate surface area is 160 Å². The molecule has 0 aliphatic carbocycles. The fourth-order valence-electron chi connectivity index (χ4n) is 3.78. The average Bonchev–Trinajstić information content (AvgIpc) is 2.68. The number of nitrogens with zero attached hydrogens (tertiary/aromatic N) is 2. The molecule has 0 atom stereocenters. The first-order valence-electron chi connectivity index (χ1n) is 9.44. The number of urea groups is 1. The molecule has 0 saturated carbocycles. The Morgan fingerprint density at radius 1 is 0.963 bits per heavy atom. The number of Topliss-reactive ketones (excluding diaryl/α,β-unsaturated/α-hetero) is 1. The monoisotopic (exact) mass is 393 g/mol. The average molecular weight is 394 g/mol. The second-order valence-corrected chi connectivity index (χ2v) is 9.36. The maximum absolute atomic E-state index is 12.5. The topological polar surface area (TPSA) is 86.8 Å². The standard InChI is InChI=1S/C19H27N3O4S/c1-27(25,26)22-13-9-17(10-14-22)20-19(24)21-11-7-16(8-12-21)18(23)15-5-3-2-4-6-15/h2-6,16-17H,7-14H2,1H3,(H,20,24). The first kappa shape index (κ1) is 19.8. The van der Waals surface area contributed by atoms with Gasteiger partial charge in [0.15, 0.2) is 5.78 Å². The number of carbonyl (C=O) groups is 2. The van der Waals surface area contributed by atoms with Crippen molar-refractivity contribution in [2.45, 2.75) is 31.7 Å². The molecule has 2 amide bonds. The molecule has 1 aromatic carbocycles. The van der Waals surface area contributed by atoms with Gasteiger partial charge in [-0.15, -0.1) is 0 Å². The number of carbonyl (C=O) groups excluding carboxylic acids is 2. The first-order valence-corrected chi connectivity index (χ1v) is 11.3. The third kappa shape index (κ3) is 5.07. The minimum Gasteiger partial charge on any atom is -0.335 e. The molecule has 1 N–H and O–H groups in total. The van der Waals surface area contributed by atoms with Gasteiger partial charge in [0.1, 0.15) is 0 Å². The van der Waals surface area contributed by atoms with Gasteiger partial charge in [0.25, 0.3) is 0 Å². The van der Waals surface area contributed by atoms with Crippen LogP contribution in [0.25, 0.3) is 0 Å². The lowest BCUT2D eigenvalue weighted by molar-refractivity contribution is 0.0852. The van der Waals surface area contributed by atoms with Crippen molar-refractivity contribution >= 4 is 21.8 Å². The highest BCUT2D eigenvalue weighted by Crippen LogP contribution is 2.22. The SMILES string of the molecule is CS(=O)(=O)N1CCC(NC(=O)N2CCC(C(=O)c3ccccc3)CC2)CC1. The van der Waals surface area contributed by atoms with Crippen molar-refractivity contribution in [3.63, 3.8) is 0 Å². The fraction of sp³-hybridized carbons (Fsp3) is 0.579. The van der Waals surface area contributed by atoms with E-state index in [0.29, 0.717) is 51.9 Å². The van der Waals surface area contributed by atoms with Crippen LogP contribution in [0.3, 0.4) is 0 Å². The summed E-state index contributed by atoms with van der Waals surface area (Å²) in [6.07, 6.45) is 3.82. The van der Waals surface area contributed by atoms with Gasteiger partial charge in [-0.2, -0.15) is 0 Å². The van der Waals surface area contributed by atoms with Crippen LogP contribution >= 0.6 is 0 Å². The zero-order valence-electron chi connectivity index (χ0n) is 15.6. The van der Waals surface area contributed by atoms with Crippen LogP contribution in [0.15, 0.2) is 30.3 Å². The number of likely N-dealkylation sites (tertiary alicyclic amines) is 1. The minimum atomic E-state index is -3.16. The van der Waals surface area contributed by atoms with Crippen LogP contribution in [0.2, 0.25) is 0 Å². The van der Waals surface area contributed by atoms with Gasteiger partial charge in [0, 0.05) is 43.7 Å². The summed E-state index contributed by atoms with van der Waals surface area (Å²) < 4.78 is 24.6. The molecule has 27 heavy (non-hydrogen) atoms. The summed E-state index contributed by atoms with van der Waals surface area (Å²) in [6.45, 7) is 2.02. The lowest BCUT2D eigenvalue weighted by Gasteiger charge is -2.35. The second kappa shape index (κ2) is 8.39. The third-order valence-electron chi connectivity index (χ3n) is 5.46. The van der Waals surface area contributed by atoms with E-state index in [1.165, 1.54) is 10.6 Å². The zero-order chi connectivity index (χ0) is 19.4. The van der Waals surface area contributed by atoms with Gasteiger partial charge in [-0.3, -0.25) is 4.79 Å². The zero-order valence-corrected chi connectivity index (χ0v) is 16.5. The molecular formula is C19H27N3O4S. The van der Waals surface area contributed by atoms with Crippen LogP contribution in [0.5, 0.6) is 0 Å². The van der Waals surface area contributed by atoms with Gasteiger partial charge in [-0.05, 0) is 25.7 Å². The highest BCUT2D eigenvalue weighted by Gasteiger charge is 2.30. The first-order chi connectivity index (χ1) is 12.8. The van der Waals surface area contributed by atoms with Crippen molar-refractivity contribution in [3.05, 3.63) is 35.9 Å². The molecular weight excluding hydrogens is 366 g/mol. The molecule has 0 unspecified atom stereocenters. The predicted octanol–water partition coefficient (Wildman–Crippen LogP) is 1.71. The van der Waals surface area contributed by atoms with Crippen LogP contribution in [0, 0.1) is 5.92 Å². The van der Waals surface area contributed by atoms with Gasteiger partial charge in [0.2, 0.25) is 10.0 Å². The van der Waals surface area contributed by atoms with Gasteiger partial charge >= 0.3 is 6.03 Å². The van der Waals surface area contributed by atoms with E-state index in [1.807, 2.05) is 30.3 Å². The van der Waals surface area contributed by atoms with Gasteiger partial charge < -0.3 is 10.2 Å². The van der Waals surface area contributed by atoms with Crippen molar-refractivity contribution in [2.24, 2.45) is 5.92 Å². The molecule has 1 aromatic rings. The van der Waals surface area contributed by atoms with E-state index in [1.54, 1.807) is 4.90 Å². The molecule has 0 spiro atoms. The Morgan fingerprint density at radius 3 is 2.11 bits per heavy atom. The van der Waals surface area contributed by atoms with E-state index in [2.05, 4.69) is 5.32 Å². The van der Waals surface area contributed by atoms with Gasteiger partial charge in [0.05, 0.1) is 6.26 Å². The number of rotatable bonds is 4. The number of amides is 2. The molecule has 8 heteroatoms. The van der Waals surface area contributed by atoms with Crippen LogP contribution in [0.4, 0.5) is 4.79 Å². The van der Waals surface area contributed by atoms with E-state index in [9.17, 15) is 18.0 Å². The largest absolute Gasteiger partial charge is 0.335 e. The Morgan fingerprint density at radius 2 is 1.56 bits per heavy atom. The normalized spacial score (nSPS) is 20.4. The second-order valence-electron chi connectivity index (χ2n) is 7.38. The van der Waals surface area contributed by atoms with Crippen molar-refractivity contribution < 1.29 is 18.0 Å². The quantitative estimate of drug-likeness (QED) is 0.789. The minimum absolute atomic E-state index is 0.000765. The molecule has 0 aromatic heterocycles. The molecule has 3 rings (SSSR count). The molecule has 2 fully saturated rings. The summed E-state index contributed by atoms with van der Waals surface area (Å²) in [5.74, 6) is 0.123. The van der Waals surface area contributed by atoms with Crippen LogP contribution in [-0.2, 0) is 10.0 Å². The van der Waals surface area contributed by atoms with Gasteiger partial charge in [-0.1, -0.05) is 30.3 Å². The molecule has 2 saturated heterocycles. The number of nitrogens with one attached hydrogen (secondary N) is 1. The van der Waals surface area contributed by atoms with E-state index >= 15 is 0 Å². The Kier molecular flexibility index (Phi) is 6.16. The number of piperidine rings is 2. The number of sulfonamides is 1. The fourth-order valence-corrected chi connectivity index (χ4v) is 4.65. The van der Waals surface area contributed by atoms with Crippen LogP contribution in [0.1, 0.15) is 36.0 Å².